The number of para-hydroxylation sites is 2. The molecule has 0 bridgehead atoms. The van der Waals surface area contributed by atoms with E-state index in [2.05, 4.69) is 144 Å². The Hall–Kier alpha value is -5.23. The second-order valence-corrected chi connectivity index (χ2v) is 13.3. The lowest BCUT2D eigenvalue weighted by molar-refractivity contribution is -0.0893. The normalized spacial score (nSPS) is 11.9. The molecule has 1 heterocycles. The molecule has 6 aromatic carbocycles. The fourth-order valence-electron chi connectivity index (χ4n) is 6.02. The lowest BCUT2D eigenvalue weighted by Gasteiger charge is -2.37. The largest absolute Gasteiger partial charge is 0.427 e. The lowest BCUT2D eigenvalue weighted by atomic mass is 9.82. The number of aromatic nitrogens is 2. The summed E-state index contributed by atoms with van der Waals surface area (Å²) in [5.41, 5.74) is 10.6. The molecule has 0 aliphatic carbocycles. The molecule has 0 spiro atoms. The van der Waals surface area contributed by atoms with E-state index in [0.29, 0.717) is 7.48 Å². The fraction of sp³-hybridized carbons (Fsp3) is 0.140. The van der Waals surface area contributed by atoms with E-state index in [-0.39, 0.29) is 0 Å². The summed E-state index contributed by atoms with van der Waals surface area (Å²) in [4.78, 5) is 5.01. The van der Waals surface area contributed by atoms with Gasteiger partial charge in [-0.25, -0.2) is 4.98 Å². The van der Waals surface area contributed by atoms with Gasteiger partial charge in [0.15, 0.2) is 0 Å². The zero-order valence-electron chi connectivity index (χ0n) is 27.9. The topological polar surface area (TPSA) is 47.3 Å². The number of benzene rings is 6. The first kappa shape index (κ1) is 31.4. The maximum Gasteiger partial charge on any atom is 0.309 e. The third-order valence-corrected chi connectivity index (χ3v) is 9.51. The van der Waals surface area contributed by atoms with E-state index < -0.39 is 11.2 Å². The van der Waals surface area contributed by atoms with Crippen molar-refractivity contribution in [3.05, 3.63) is 152 Å². The SMILES string of the molecule is CC(C)(O)C(C)(C)OBc1ccc(-c2ccccc2-c2ccccc2-c2ccc(-n3c(-c4ccccc4)nc4ccccc43)cc2)cc1. The highest BCUT2D eigenvalue weighted by Gasteiger charge is 2.35. The zero-order chi connectivity index (χ0) is 33.3. The predicted octanol–water partition coefficient (Wildman–Crippen LogP) is 9.24. The van der Waals surface area contributed by atoms with Crippen molar-refractivity contribution < 1.29 is 9.76 Å². The van der Waals surface area contributed by atoms with Crippen molar-refractivity contribution >= 4 is 24.0 Å². The maximum absolute atomic E-state index is 10.5. The number of imidazole rings is 1. The number of rotatable bonds is 9. The van der Waals surface area contributed by atoms with E-state index in [1.165, 1.54) is 22.3 Å². The molecule has 0 unspecified atom stereocenters. The molecule has 7 rings (SSSR count). The molecule has 7 aromatic rings. The molecule has 0 saturated carbocycles. The standard InChI is InChI=1S/C43H39BN2O2/c1-42(2,47)43(3,4)48-44-33-26-22-30(23-27-33)35-16-8-10-18-37(35)38-19-11-9-17-36(38)31-24-28-34(29-25-31)46-40-21-13-12-20-39(40)45-41(46)32-14-6-5-7-15-32/h5-29,44,47H,1-4H3. The van der Waals surface area contributed by atoms with Gasteiger partial charge in [0, 0.05) is 11.3 Å². The van der Waals surface area contributed by atoms with Crippen LogP contribution in [-0.4, -0.2) is 33.3 Å². The van der Waals surface area contributed by atoms with Crippen molar-refractivity contribution in [1.29, 1.82) is 0 Å². The van der Waals surface area contributed by atoms with Crippen LogP contribution in [0.2, 0.25) is 0 Å². The third-order valence-electron chi connectivity index (χ3n) is 9.51. The van der Waals surface area contributed by atoms with Crippen molar-refractivity contribution in [3.63, 3.8) is 0 Å². The quantitative estimate of drug-likeness (QED) is 0.163. The average molecular weight is 627 g/mol. The second kappa shape index (κ2) is 12.8. The van der Waals surface area contributed by atoms with Crippen LogP contribution in [0.25, 0.3) is 61.5 Å². The molecule has 48 heavy (non-hydrogen) atoms. The van der Waals surface area contributed by atoms with Crippen LogP contribution in [0.15, 0.2) is 152 Å². The van der Waals surface area contributed by atoms with Crippen molar-refractivity contribution in [1.82, 2.24) is 9.55 Å². The van der Waals surface area contributed by atoms with Crippen LogP contribution in [0.1, 0.15) is 27.7 Å². The maximum atomic E-state index is 10.5. The van der Waals surface area contributed by atoms with Gasteiger partial charge in [-0.15, -0.1) is 0 Å². The average Bonchev–Trinajstić information content (AvgIpc) is 3.51. The van der Waals surface area contributed by atoms with Gasteiger partial charge in [0.1, 0.15) is 5.82 Å². The molecule has 1 N–H and O–H groups in total. The molecule has 5 heteroatoms. The van der Waals surface area contributed by atoms with Gasteiger partial charge in [0.25, 0.3) is 0 Å². The highest BCUT2D eigenvalue weighted by Crippen LogP contribution is 2.38. The van der Waals surface area contributed by atoms with Gasteiger partial charge in [-0.05, 0) is 85.3 Å². The summed E-state index contributed by atoms with van der Waals surface area (Å²) in [7, 11) is 0.430. The minimum Gasteiger partial charge on any atom is -0.427 e. The van der Waals surface area contributed by atoms with E-state index in [9.17, 15) is 5.11 Å². The Bertz CT molecular complexity index is 2180. The van der Waals surface area contributed by atoms with E-state index in [1.54, 1.807) is 13.8 Å². The molecule has 0 radical (unpaired) electrons. The van der Waals surface area contributed by atoms with E-state index >= 15 is 0 Å². The number of fused-ring (bicyclic) bond motifs is 1. The Morgan fingerprint density at radius 2 is 1.04 bits per heavy atom. The van der Waals surface area contributed by atoms with Crippen LogP contribution < -0.4 is 5.46 Å². The Labute approximate surface area is 283 Å². The molecule has 0 aliphatic heterocycles. The van der Waals surface area contributed by atoms with Crippen LogP contribution in [0.3, 0.4) is 0 Å². The molecule has 4 nitrogen and oxygen atoms in total. The molecule has 0 amide bonds. The van der Waals surface area contributed by atoms with E-state index in [4.69, 9.17) is 9.64 Å². The lowest BCUT2D eigenvalue weighted by Crippen LogP contribution is -2.49. The van der Waals surface area contributed by atoms with Crippen LogP contribution in [0.4, 0.5) is 0 Å². The van der Waals surface area contributed by atoms with Gasteiger partial charge in [-0.1, -0.05) is 133 Å². The number of nitrogens with zero attached hydrogens (tertiary/aromatic N) is 2. The summed E-state index contributed by atoms with van der Waals surface area (Å²) >= 11 is 0. The van der Waals surface area contributed by atoms with Crippen LogP contribution >= 0.6 is 0 Å². The van der Waals surface area contributed by atoms with Crippen molar-refractivity contribution in [2.45, 2.75) is 38.9 Å². The van der Waals surface area contributed by atoms with Gasteiger partial charge in [0.2, 0.25) is 0 Å². The van der Waals surface area contributed by atoms with Crippen LogP contribution in [0, 0.1) is 0 Å². The molecule has 236 valence electrons. The Morgan fingerprint density at radius 3 is 1.62 bits per heavy atom. The Morgan fingerprint density at radius 1 is 0.542 bits per heavy atom. The minimum atomic E-state index is -0.946. The first-order valence-electron chi connectivity index (χ1n) is 16.5. The van der Waals surface area contributed by atoms with E-state index in [1.807, 2.05) is 26.0 Å². The van der Waals surface area contributed by atoms with Gasteiger partial charge in [0.05, 0.1) is 22.2 Å². The van der Waals surface area contributed by atoms with Gasteiger partial charge in [-0.3, -0.25) is 4.57 Å². The summed E-state index contributed by atoms with van der Waals surface area (Å²) in [6, 6.07) is 53.2. The molecule has 0 fully saturated rings. The van der Waals surface area contributed by atoms with Gasteiger partial charge in [-0.2, -0.15) is 0 Å². The molecular weight excluding hydrogens is 587 g/mol. The number of aliphatic hydroxyl groups is 1. The Kier molecular flexibility index (Phi) is 8.34. The highest BCUT2D eigenvalue weighted by molar-refractivity contribution is 6.47. The smallest absolute Gasteiger partial charge is 0.309 e. The highest BCUT2D eigenvalue weighted by atomic mass is 16.5. The van der Waals surface area contributed by atoms with Crippen molar-refractivity contribution in [2.24, 2.45) is 0 Å². The molecule has 1 aromatic heterocycles. The fourth-order valence-corrected chi connectivity index (χ4v) is 6.02. The first-order chi connectivity index (χ1) is 23.2. The predicted molar refractivity (Wildman–Crippen MR) is 201 cm³/mol. The first-order valence-corrected chi connectivity index (χ1v) is 16.5. The van der Waals surface area contributed by atoms with Gasteiger partial charge >= 0.3 is 7.48 Å². The molecule has 0 aliphatic rings. The summed E-state index contributed by atoms with van der Waals surface area (Å²) in [5.74, 6) is 0.928. The van der Waals surface area contributed by atoms with Crippen LogP contribution in [0.5, 0.6) is 0 Å². The number of hydrogen-bond donors (Lipinski definition) is 1. The monoisotopic (exact) mass is 626 g/mol. The zero-order valence-corrected chi connectivity index (χ0v) is 27.9. The summed E-state index contributed by atoms with van der Waals surface area (Å²) in [6.07, 6.45) is 0. The van der Waals surface area contributed by atoms with Gasteiger partial charge < -0.3 is 9.76 Å². The van der Waals surface area contributed by atoms with E-state index in [0.717, 1.165) is 44.7 Å². The number of hydrogen-bond acceptors (Lipinski definition) is 3. The third kappa shape index (κ3) is 6.11. The molecule has 0 saturated heterocycles. The minimum absolute atomic E-state index is 0.430. The van der Waals surface area contributed by atoms with Crippen molar-refractivity contribution in [2.75, 3.05) is 0 Å². The van der Waals surface area contributed by atoms with Crippen LogP contribution in [-0.2, 0) is 4.65 Å². The van der Waals surface area contributed by atoms with Crippen molar-refractivity contribution in [3.8, 4) is 50.5 Å². The summed E-state index contributed by atoms with van der Waals surface area (Å²) in [6.45, 7) is 7.40. The second-order valence-electron chi connectivity index (χ2n) is 13.3. The summed E-state index contributed by atoms with van der Waals surface area (Å²) in [5, 5.41) is 10.5. The summed E-state index contributed by atoms with van der Waals surface area (Å²) < 4.78 is 8.36. The molecule has 0 atom stereocenters. The molecular formula is C43H39BN2O2. The Balaban J connectivity index is 1.22.